The second-order valence-corrected chi connectivity index (χ2v) is 4.90. The van der Waals surface area contributed by atoms with E-state index in [1.807, 2.05) is 5.01 Å². The van der Waals surface area contributed by atoms with Crippen LogP contribution in [-0.2, 0) is 0 Å². The van der Waals surface area contributed by atoms with E-state index >= 15 is 0 Å². The van der Waals surface area contributed by atoms with E-state index in [0.29, 0.717) is 22.8 Å². The number of nitrogens with one attached hydrogen (secondary N) is 1. The van der Waals surface area contributed by atoms with Crippen molar-refractivity contribution >= 4 is 5.91 Å². The van der Waals surface area contributed by atoms with Gasteiger partial charge >= 0.3 is 0 Å². The van der Waals surface area contributed by atoms with Crippen LogP contribution in [0.2, 0.25) is 0 Å². The summed E-state index contributed by atoms with van der Waals surface area (Å²) >= 11 is 0. The first-order chi connectivity index (χ1) is 10.2. The van der Waals surface area contributed by atoms with Gasteiger partial charge < -0.3 is 14.2 Å². The molecule has 0 aliphatic carbocycles. The van der Waals surface area contributed by atoms with Crippen LogP contribution in [0.25, 0.3) is 0 Å². The molecule has 0 radical (unpaired) electrons. The van der Waals surface area contributed by atoms with Gasteiger partial charge in [0.15, 0.2) is 11.5 Å². The Bertz CT molecular complexity index is 499. The highest BCUT2D eigenvalue weighted by molar-refractivity contribution is 5.97. The molecule has 1 heterocycles. The number of hydrogen-bond acceptors (Lipinski definition) is 5. The summed E-state index contributed by atoms with van der Waals surface area (Å²) < 4.78 is 15.7. The summed E-state index contributed by atoms with van der Waals surface area (Å²) in [6.07, 6.45) is 3.42. The van der Waals surface area contributed by atoms with E-state index in [1.165, 1.54) is 20.6 Å². The number of amides is 1. The van der Waals surface area contributed by atoms with Crippen LogP contribution in [0.4, 0.5) is 0 Å². The molecule has 0 aromatic heterocycles. The number of carbonyl (C=O) groups is 1. The second kappa shape index (κ2) is 7.17. The molecule has 0 unspecified atom stereocenters. The molecule has 1 amide bonds. The zero-order valence-corrected chi connectivity index (χ0v) is 12.8. The van der Waals surface area contributed by atoms with E-state index in [-0.39, 0.29) is 5.91 Å². The van der Waals surface area contributed by atoms with Gasteiger partial charge in [-0.1, -0.05) is 6.42 Å². The average Bonchev–Trinajstić information content (AvgIpc) is 2.54. The van der Waals surface area contributed by atoms with Gasteiger partial charge in [0.2, 0.25) is 0 Å². The molecule has 0 atom stereocenters. The van der Waals surface area contributed by atoms with E-state index in [9.17, 15) is 4.79 Å². The molecule has 6 nitrogen and oxygen atoms in total. The molecule has 116 valence electrons. The molecular formula is C15H22N2O4. The lowest BCUT2D eigenvalue weighted by molar-refractivity contribution is 0.0746. The molecule has 21 heavy (non-hydrogen) atoms. The van der Waals surface area contributed by atoms with Gasteiger partial charge in [-0.3, -0.25) is 10.2 Å². The molecule has 0 saturated carbocycles. The second-order valence-electron chi connectivity index (χ2n) is 4.90. The number of hydrazine groups is 1. The summed E-state index contributed by atoms with van der Waals surface area (Å²) in [6, 6.07) is 3.29. The van der Waals surface area contributed by atoms with Crippen LogP contribution in [0.3, 0.4) is 0 Å². The van der Waals surface area contributed by atoms with Crippen molar-refractivity contribution in [3.63, 3.8) is 0 Å². The van der Waals surface area contributed by atoms with E-state index in [2.05, 4.69) is 5.43 Å². The Hall–Kier alpha value is -1.95. The van der Waals surface area contributed by atoms with Crippen molar-refractivity contribution in [3.05, 3.63) is 17.7 Å². The Labute approximate surface area is 124 Å². The first-order valence-corrected chi connectivity index (χ1v) is 7.05. The minimum absolute atomic E-state index is 0.199. The summed E-state index contributed by atoms with van der Waals surface area (Å²) in [5.74, 6) is 1.29. The molecule has 1 N–H and O–H groups in total. The Morgan fingerprint density at radius 2 is 1.52 bits per heavy atom. The van der Waals surface area contributed by atoms with E-state index in [0.717, 1.165) is 25.9 Å². The number of nitrogens with zero attached hydrogens (tertiary/aromatic N) is 1. The highest BCUT2D eigenvalue weighted by atomic mass is 16.5. The SMILES string of the molecule is COc1cc(OC)c(C(=O)NN2CCCCC2)cc1OC. The summed E-state index contributed by atoms with van der Waals surface area (Å²) in [7, 11) is 4.61. The zero-order valence-electron chi connectivity index (χ0n) is 12.8. The maximum absolute atomic E-state index is 12.4. The molecule has 1 aromatic rings. The van der Waals surface area contributed by atoms with Crippen LogP contribution in [0.15, 0.2) is 12.1 Å². The predicted octanol–water partition coefficient (Wildman–Crippen LogP) is 1.84. The lowest BCUT2D eigenvalue weighted by atomic mass is 10.1. The largest absolute Gasteiger partial charge is 0.496 e. The van der Waals surface area contributed by atoms with Crippen LogP contribution in [0.1, 0.15) is 29.6 Å². The van der Waals surface area contributed by atoms with Crippen LogP contribution < -0.4 is 19.6 Å². The van der Waals surface area contributed by atoms with E-state index in [1.54, 1.807) is 19.2 Å². The molecule has 6 heteroatoms. The fourth-order valence-corrected chi connectivity index (χ4v) is 2.42. The number of hydrogen-bond donors (Lipinski definition) is 1. The molecule has 2 rings (SSSR count). The van der Waals surface area contributed by atoms with Gasteiger partial charge in [0.25, 0.3) is 5.91 Å². The number of methoxy groups -OCH3 is 3. The minimum atomic E-state index is -0.199. The van der Waals surface area contributed by atoms with Crippen molar-refractivity contribution in [2.24, 2.45) is 0 Å². The third-order valence-corrected chi connectivity index (χ3v) is 3.57. The van der Waals surface area contributed by atoms with Crippen LogP contribution in [0, 0.1) is 0 Å². The molecule has 1 saturated heterocycles. The number of benzene rings is 1. The zero-order chi connectivity index (χ0) is 15.2. The first-order valence-electron chi connectivity index (χ1n) is 7.05. The average molecular weight is 294 g/mol. The van der Waals surface area contributed by atoms with E-state index in [4.69, 9.17) is 14.2 Å². The number of rotatable bonds is 5. The number of carbonyl (C=O) groups excluding carboxylic acids is 1. The van der Waals surface area contributed by atoms with Crippen molar-refractivity contribution in [3.8, 4) is 17.2 Å². The Balaban J connectivity index is 2.21. The minimum Gasteiger partial charge on any atom is -0.496 e. The molecule has 1 aromatic carbocycles. The van der Waals surface area contributed by atoms with Crippen LogP contribution >= 0.6 is 0 Å². The van der Waals surface area contributed by atoms with Gasteiger partial charge in [0, 0.05) is 25.2 Å². The highest BCUT2D eigenvalue weighted by Crippen LogP contribution is 2.34. The fourth-order valence-electron chi connectivity index (χ4n) is 2.42. The third kappa shape index (κ3) is 3.58. The Morgan fingerprint density at radius 1 is 0.952 bits per heavy atom. The fraction of sp³-hybridized carbons (Fsp3) is 0.533. The van der Waals surface area contributed by atoms with Crippen LogP contribution in [-0.4, -0.2) is 45.3 Å². The monoisotopic (exact) mass is 294 g/mol. The maximum atomic E-state index is 12.4. The standard InChI is InChI=1S/C15H22N2O4/c1-19-12-10-14(21-3)13(20-2)9-11(12)15(18)16-17-7-5-4-6-8-17/h9-10H,4-8H2,1-3H3,(H,16,18). The molecule has 0 spiro atoms. The quantitative estimate of drug-likeness (QED) is 0.898. The number of ether oxygens (including phenoxy) is 3. The van der Waals surface area contributed by atoms with E-state index < -0.39 is 0 Å². The molecule has 1 aliphatic rings. The summed E-state index contributed by atoms with van der Waals surface area (Å²) in [5.41, 5.74) is 3.35. The Morgan fingerprint density at radius 3 is 2.10 bits per heavy atom. The molecule has 1 fully saturated rings. The normalized spacial score (nSPS) is 15.4. The van der Waals surface area contributed by atoms with Gasteiger partial charge in [0.1, 0.15) is 5.75 Å². The highest BCUT2D eigenvalue weighted by Gasteiger charge is 2.20. The van der Waals surface area contributed by atoms with Crippen molar-refractivity contribution in [2.45, 2.75) is 19.3 Å². The van der Waals surface area contributed by atoms with Gasteiger partial charge in [-0.25, -0.2) is 5.01 Å². The summed E-state index contributed by atoms with van der Waals surface area (Å²) in [4.78, 5) is 12.4. The maximum Gasteiger partial charge on any atom is 0.269 e. The third-order valence-electron chi connectivity index (χ3n) is 3.57. The number of piperidine rings is 1. The molecular weight excluding hydrogens is 272 g/mol. The molecule has 0 bridgehead atoms. The summed E-state index contributed by atoms with van der Waals surface area (Å²) in [5, 5.41) is 1.95. The summed E-state index contributed by atoms with van der Waals surface area (Å²) in [6.45, 7) is 1.75. The van der Waals surface area contributed by atoms with Crippen molar-refractivity contribution < 1.29 is 19.0 Å². The van der Waals surface area contributed by atoms with Gasteiger partial charge in [-0.05, 0) is 12.8 Å². The van der Waals surface area contributed by atoms with Gasteiger partial charge in [-0.15, -0.1) is 0 Å². The lowest BCUT2D eigenvalue weighted by Gasteiger charge is -2.27. The first kappa shape index (κ1) is 15.4. The Kier molecular flexibility index (Phi) is 5.27. The molecule has 1 aliphatic heterocycles. The van der Waals surface area contributed by atoms with Crippen molar-refractivity contribution in [1.82, 2.24) is 10.4 Å². The van der Waals surface area contributed by atoms with Crippen LogP contribution in [0.5, 0.6) is 17.2 Å². The smallest absolute Gasteiger partial charge is 0.269 e. The lowest BCUT2D eigenvalue weighted by Crippen LogP contribution is -2.45. The van der Waals surface area contributed by atoms with Gasteiger partial charge in [0.05, 0.1) is 26.9 Å². The topological polar surface area (TPSA) is 60.0 Å². The van der Waals surface area contributed by atoms with Crippen molar-refractivity contribution in [1.29, 1.82) is 0 Å². The van der Waals surface area contributed by atoms with Crippen molar-refractivity contribution in [2.75, 3.05) is 34.4 Å². The van der Waals surface area contributed by atoms with Gasteiger partial charge in [-0.2, -0.15) is 0 Å². The predicted molar refractivity (Wildman–Crippen MR) is 79.0 cm³/mol.